The Labute approximate surface area is 78.8 Å². The van der Waals surface area contributed by atoms with E-state index in [4.69, 9.17) is 5.73 Å². The Morgan fingerprint density at radius 2 is 2.43 bits per heavy atom. The van der Waals surface area contributed by atoms with Crippen molar-refractivity contribution in [2.24, 2.45) is 5.73 Å². The number of aromatic amines is 3. The number of H-pyrrole nitrogens is 3. The van der Waals surface area contributed by atoms with Crippen molar-refractivity contribution in [1.82, 2.24) is 25.1 Å². The van der Waals surface area contributed by atoms with Gasteiger partial charge in [0.25, 0.3) is 0 Å². The van der Waals surface area contributed by atoms with Crippen LogP contribution in [0, 0.1) is 0 Å². The van der Waals surface area contributed by atoms with Gasteiger partial charge in [0.15, 0.2) is 0 Å². The molecule has 0 aromatic carbocycles. The molecule has 0 spiro atoms. The van der Waals surface area contributed by atoms with Crippen molar-refractivity contribution in [3.05, 3.63) is 34.5 Å². The fourth-order valence-corrected chi connectivity index (χ4v) is 1.19. The van der Waals surface area contributed by atoms with E-state index >= 15 is 0 Å². The second kappa shape index (κ2) is 3.46. The Kier molecular flexibility index (Phi) is 2.15. The lowest BCUT2D eigenvalue weighted by Crippen LogP contribution is -2.16. The zero-order valence-electron chi connectivity index (χ0n) is 7.32. The van der Waals surface area contributed by atoms with E-state index in [1.54, 1.807) is 12.5 Å². The Bertz CT molecular complexity index is 441. The van der Waals surface area contributed by atoms with Crippen LogP contribution in [0.2, 0.25) is 0 Å². The number of rotatable bonds is 3. The van der Waals surface area contributed by atoms with Gasteiger partial charge >= 0.3 is 5.69 Å². The Hall–Kier alpha value is -1.89. The van der Waals surface area contributed by atoms with E-state index in [1.807, 2.05) is 0 Å². The van der Waals surface area contributed by atoms with Crippen molar-refractivity contribution >= 4 is 0 Å². The minimum atomic E-state index is -0.347. The largest absolute Gasteiger partial charge is 0.348 e. The smallest absolute Gasteiger partial charge is 0.340 e. The van der Waals surface area contributed by atoms with Crippen molar-refractivity contribution in [2.45, 2.75) is 12.5 Å². The average molecular weight is 194 g/mol. The lowest BCUT2D eigenvalue weighted by atomic mass is 10.2. The molecule has 7 nitrogen and oxygen atoms in total. The van der Waals surface area contributed by atoms with Crippen LogP contribution in [-0.2, 0) is 6.42 Å². The summed E-state index contributed by atoms with van der Waals surface area (Å²) in [6, 6.07) is -0.339. The van der Waals surface area contributed by atoms with Crippen LogP contribution in [0.1, 0.15) is 17.6 Å². The van der Waals surface area contributed by atoms with Crippen molar-refractivity contribution in [2.75, 3.05) is 0 Å². The average Bonchev–Trinajstić information content (AvgIpc) is 2.75. The highest BCUT2D eigenvalue weighted by atomic mass is 16.1. The maximum absolute atomic E-state index is 10.7. The normalized spacial score (nSPS) is 12.9. The van der Waals surface area contributed by atoms with Gasteiger partial charge in [-0.3, -0.25) is 4.98 Å². The van der Waals surface area contributed by atoms with Crippen molar-refractivity contribution in [1.29, 1.82) is 0 Å². The van der Waals surface area contributed by atoms with Gasteiger partial charge in [0.05, 0.1) is 12.4 Å². The van der Waals surface area contributed by atoms with Crippen LogP contribution in [0.25, 0.3) is 0 Å². The van der Waals surface area contributed by atoms with Gasteiger partial charge in [-0.1, -0.05) is 0 Å². The summed E-state index contributed by atoms with van der Waals surface area (Å²) in [7, 11) is 0. The molecule has 2 rings (SSSR count). The number of aromatic nitrogens is 5. The molecule has 0 unspecified atom stereocenters. The molecule has 74 valence electrons. The van der Waals surface area contributed by atoms with E-state index in [0.717, 1.165) is 5.69 Å². The monoisotopic (exact) mass is 194 g/mol. The van der Waals surface area contributed by atoms with E-state index in [9.17, 15) is 4.79 Å². The molecule has 1 atom stereocenters. The highest BCUT2D eigenvalue weighted by Gasteiger charge is 2.11. The van der Waals surface area contributed by atoms with Gasteiger partial charge in [-0.15, -0.1) is 0 Å². The minimum Gasteiger partial charge on any atom is -0.348 e. The molecule has 0 saturated heterocycles. The van der Waals surface area contributed by atoms with Crippen LogP contribution in [0.3, 0.4) is 0 Å². The molecule has 14 heavy (non-hydrogen) atoms. The molecule has 0 amide bonds. The first kappa shape index (κ1) is 8.70. The molecule has 5 N–H and O–H groups in total. The predicted molar refractivity (Wildman–Crippen MR) is 48.4 cm³/mol. The molecule has 0 saturated carbocycles. The van der Waals surface area contributed by atoms with Crippen LogP contribution in [0.15, 0.2) is 17.3 Å². The van der Waals surface area contributed by atoms with Gasteiger partial charge in [0.1, 0.15) is 5.82 Å². The van der Waals surface area contributed by atoms with Gasteiger partial charge in [0, 0.05) is 18.3 Å². The molecule has 0 radical (unpaired) electrons. The summed E-state index contributed by atoms with van der Waals surface area (Å²) in [5, 5.41) is 6.01. The Morgan fingerprint density at radius 1 is 1.57 bits per heavy atom. The lowest BCUT2D eigenvalue weighted by molar-refractivity contribution is 0.662. The predicted octanol–water partition coefficient (Wildman–Crippen LogP) is -0.936. The molecule has 2 heterocycles. The lowest BCUT2D eigenvalue weighted by Gasteiger charge is -2.04. The molecular formula is C7H10N6O. The quantitative estimate of drug-likeness (QED) is 0.504. The molecule has 7 heteroatoms. The summed E-state index contributed by atoms with van der Waals surface area (Å²) < 4.78 is 0. The number of nitrogens with two attached hydrogens (primary N) is 1. The summed E-state index contributed by atoms with van der Waals surface area (Å²) in [6.07, 6.45) is 3.82. The van der Waals surface area contributed by atoms with E-state index < -0.39 is 0 Å². The zero-order valence-corrected chi connectivity index (χ0v) is 7.32. The number of nitrogens with zero attached hydrogens (tertiary/aromatic N) is 2. The van der Waals surface area contributed by atoms with E-state index in [0.29, 0.717) is 12.2 Å². The first-order valence-corrected chi connectivity index (χ1v) is 4.13. The first-order valence-electron chi connectivity index (χ1n) is 4.13. The number of hydrogen-bond acceptors (Lipinski definition) is 4. The minimum absolute atomic E-state index is 0.339. The summed E-state index contributed by atoms with van der Waals surface area (Å²) in [6.45, 7) is 0. The summed E-state index contributed by atoms with van der Waals surface area (Å²) in [5.41, 5.74) is 6.36. The van der Waals surface area contributed by atoms with Gasteiger partial charge in [0.2, 0.25) is 0 Å². The maximum atomic E-state index is 10.7. The molecule has 0 aliphatic heterocycles. The van der Waals surface area contributed by atoms with Crippen LogP contribution in [0.4, 0.5) is 0 Å². The Morgan fingerprint density at radius 3 is 3.00 bits per heavy atom. The van der Waals surface area contributed by atoms with Crippen LogP contribution in [0.5, 0.6) is 0 Å². The second-order valence-corrected chi connectivity index (χ2v) is 2.95. The Balaban J connectivity index is 2.10. The van der Waals surface area contributed by atoms with Gasteiger partial charge in [-0.05, 0) is 0 Å². The zero-order chi connectivity index (χ0) is 9.97. The van der Waals surface area contributed by atoms with Crippen molar-refractivity contribution < 1.29 is 0 Å². The summed E-state index contributed by atoms with van der Waals surface area (Å²) in [4.78, 5) is 20.0. The van der Waals surface area contributed by atoms with Crippen LogP contribution >= 0.6 is 0 Å². The standard InChI is InChI=1S/C7H10N6O/c8-5(1-4-2-9-3-10-4)6-11-7(14)13-12-6/h2-3,5H,1,8H2,(H,9,10)(H2,11,12,13,14)/t5-/m0/s1. The van der Waals surface area contributed by atoms with Crippen LogP contribution < -0.4 is 11.4 Å². The number of hydrogen-bond donors (Lipinski definition) is 4. The second-order valence-electron chi connectivity index (χ2n) is 2.95. The van der Waals surface area contributed by atoms with Gasteiger partial charge in [-0.2, -0.15) is 5.10 Å². The SMILES string of the molecule is N[C@@H](Cc1cnc[nH]1)c1n[nH]c(=O)[nH]1. The van der Waals surface area contributed by atoms with Crippen molar-refractivity contribution in [3.8, 4) is 0 Å². The highest BCUT2D eigenvalue weighted by Crippen LogP contribution is 2.07. The third-order valence-electron chi connectivity index (χ3n) is 1.87. The van der Waals surface area contributed by atoms with Crippen LogP contribution in [-0.4, -0.2) is 25.1 Å². The fourth-order valence-electron chi connectivity index (χ4n) is 1.19. The third kappa shape index (κ3) is 1.72. The van der Waals surface area contributed by atoms with Crippen molar-refractivity contribution in [3.63, 3.8) is 0 Å². The molecule has 2 aromatic rings. The molecule has 0 bridgehead atoms. The molecule has 0 fully saturated rings. The summed E-state index contributed by atoms with van der Waals surface area (Å²) >= 11 is 0. The van der Waals surface area contributed by atoms with E-state index in [-0.39, 0.29) is 11.7 Å². The molecular weight excluding hydrogens is 184 g/mol. The maximum Gasteiger partial charge on any atom is 0.340 e. The number of imidazole rings is 1. The van der Waals surface area contributed by atoms with Gasteiger partial charge < -0.3 is 10.7 Å². The molecule has 0 aliphatic carbocycles. The summed E-state index contributed by atoms with van der Waals surface area (Å²) in [5.74, 6) is 0.449. The topological polar surface area (TPSA) is 116 Å². The highest BCUT2D eigenvalue weighted by molar-refractivity contribution is 5.02. The third-order valence-corrected chi connectivity index (χ3v) is 1.87. The number of nitrogens with one attached hydrogen (secondary N) is 3. The molecule has 0 aliphatic rings. The van der Waals surface area contributed by atoms with Gasteiger partial charge in [-0.25, -0.2) is 14.9 Å². The van der Waals surface area contributed by atoms with E-state index in [1.165, 1.54) is 0 Å². The van der Waals surface area contributed by atoms with E-state index in [2.05, 4.69) is 25.1 Å². The molecule has 2 aromatic heterocycles. The fraction of sp³-hybridized carbons (Fsp3) is 0.286. The first-order chi connectivity index (χ1) is 6.75.